The summed E-state index contributed by atoms with van der Waals surface area (Å²) in [6.45, 7) is 9.60. The van der Waals surface area contributed by atoms with Crippen molar-refractivity contribution in [2.45, 2.75) is 452 Å². The SMILES string of the molecule is CCCCCCCCCCCCCCCCCCCCCCCCC(=O)O[C@H](COC(=O)CCCCCCCCCCCCCCCCCC)COP(=O)(O)OC[C@@H](O)COP(=O)(O)OC[C@@H](COC(=O)CCCCCCCCCCC(C)C)OC(=O)CCCCCCCCCCC(C)CC. The first-order valence-corrected chi connectivity index (χ1v) is 45.5. The van der Waals surface area contributed by atoms with Crippen molar-refractivity contribution in [2.75, 3.05) is 39.6 Å². The van der Waals surface area contributed by atoms with Crippen molar-refractivity contribution in [3.05, 3.63) is 0 Å². The Morgan fingerprint density at radius 3 is 0.752 bits per heavy atom. The van der Waals surface area contributed by atoms with Crippen LogP contribution in [0.25, 0.3) is 0 Å². The Kier molecular flexibility index (Phi) is 72.2. The zero-order chi connectivity index (χ0) is 74.2. The quantitative estimate of drug-likeness (QED) is 0.0222. The minimum absolute atomic E-state index is 0.105. The lowest BCUT2D eigenvalue weighted by Crippen LogP contribution is -2.30. The molecule has 101 heavy (non-hydrogen) atoms. The first-order valence-electron chi connectivity index (χ1n) is 42.5. The second-order valence-electron chi connectivity index (χ2n) is 30.2. The van der Waals surface area contributed by atoms with E-state index in [1.165, 1.54) is 250 Å². The van der Waals surface area contributed by atoms with E-state index in [2.05, 4.69) is 41.5 Å². The molecule has 19 heteroatoms. The second-order valence-corrected chi connectivity index (χ2v) is 33.1. The van der Waals surface area contributed by atoms with Gasteiger partial charge in [0.15, 0.2) is 12.2 Å². The van der Waals surface area contributed by atoms with Crippen LogP contribution >= 0.6 is 15.6 Å². The van der Waals surface area contributed by atoms with Crippen molar-refractivity contribution in [1.29, 1.82) is 0 Å². The van der Waals surface area contributed by atoms with E-state index in [1.54, 1.807) is 0 Å². The maximum atomic E-state index is 13.1. The number of hydrogen-bond donors (Lipinski definition) is 3. The number of rotatable bonds is 81. The van der Waals surface area contributed by atoms with Crippen molar-refractivity contribution in [1.82, 2.24) is 0 Å². The largest absolute Gasteiger partial charge is 0.472 e. The van der Waals surface area contributed by atoms with Crippen LogP contribution in [0.3, 0.4) is 0 Å². The van der Waals surface area contributed by atoms with Gasteiger partial charge in [0.25, 0.3) is 0 Å². The maximum absolute atomic E-state index is 13.1. The summed E-state index contributed by atoms with van der Waals surface area (Å²) in [5, 5.41) is 10.6. The molecule has 600 valence electrons. The minimum atomic E-state index is -4.96. The Morgan fingerprint density at radius 1 is 0.287 bits per heavy atom. The predicted molar refractivity (Wildman–Crippen MR) is 414 cm³/mol. The van der Waals surface area contributed by atoms with Gasteiger partial charge in [-0.25, -0.2) is 9.13 Å². The fourth-order valence-corrected chi connectivity index (χ4v) is 14.3. The van der Waals surface area contributed by atoms with E-state index in [-0.39, 0.29) is 25.7 Å². The molecule has 0 aliphatic carbocycles. The van der Waals surface area contributed by atoms with Crippen LogP contribution in [-0.2, 0) is 65.4 Å². The van der Waals surface area contributed by atoms with Gasteiger partial charge in [0.1, 0.15) is 19.3 Å². The molecule has 0 saturated heterocycles. The number of ether oxygens (including phenoxy) is 4. The summed E-state index contributed by atoms with van der Waals surface area (Å²) in [6.07, 6.45) is 64.0. The van der Waals surface area contributed by atoms with Crippen LogP contribution in [0.1, 0.15) is 433 Å². The van der Waals surface area contributed by atoms with Gasteiger partial charge in [-0.15, -0.1) is 0 Å². The van der Waals surface area contributed by atoms with Gasteiger partial charge in [-0.3, -0.25) is 37.3 Å². The van der Waals surface area contributed by atoms with E-state index < -0.39 is 97.5 Å². The van der Waals surface area contributed by atoms with E-state index in [0.717, 1.165) is 102 Å². The van der Waals surface area contributed by atoms with E-state index in [4.69, 9.17) is 37.0 Å². The van der Waals surface area contributed by atoms with Crippen LogP contribution < -0.4 is 0 Å². The smallest absolute Gasteiger partial charge is 0.462 e. The molecular weight excluding hydrogens is 1320 g/mol. The van der Waals surface area contributed by atoms with Crippen LogP contribution in [0.4, 0.5) is 0 Å². The molecule has 0 aromatic rings. The number of unbranched alkanes of at least 4 members (excludes halogenated alkanes) is 50. The molecule has 0 aliphatic heterocycles. The van der Waals surface area contributed by atoms with Crippen molar-refractivity contribution < 1.29 is 80.2 Å². The highest BCUT2D eigenvalue weighted by molar-refractivity contribution is 7.47. The van der Waals surface area contributed by atoms with E-state index in [9.17, 15) is 43.2 Å². The van der Waals surface area contributed by atoms with Gasteiger partial charge in [-0.05, 0) is 37.5 Å². The molecule has 0 aromatic heterocycles. The molecule has 0 radical (unpaired) electrons. The average molecular weight is 1480 g/mol. The third kappa shape index (κ3) is 74.7. The molecule has 0 bridgehead atoms. The molecule has 0 spiro atoms. The molecule has 0 aliphatic rings. The highest BCUT2D eigenvalue weighted by Gasteiger charge is 2.30. The Labute approximate surface area is 619 Å². The van der Waals surface area contributed by atoms with Crippen LogP contribution in [0.2, 0.25) is 0 Å². The topological polar surface area (TPSA) is 237 Å². The van der Waals surface area contributed by atoms with Gasteiger partial charge >= 0.3 is 39.5 Å². The number of phosphoric ester groups is 2. The molecule has 0 heterocycles. The molecule has 0 amide bonds. The van der Waals surface area contributed by atoms with Crippen molar-refractivity contribution in [3.63, 3.8) is 0 Å². The summed E-state index contributed by atoms with van der Waals surface area (Å²) in [5.41, 5.74) is 0. The van der Waals surface area contributed by atoms with E-state index in [0.29, 0.717) is 25.7 Å². The Balaban J connectivity index is 5.21. The lowest BCUT2D eigenvalue weighted by Gasteiger charge is -2.21. The summed E-state index contributed by atoms with van der Waals surface area (Å²) < 4.78 is 68.7. The predicted octanol–water partition coefficient (Wildman–Crippen LogP) is 24.7. The number of hydrogen-bond acceptors (Lipinski definition) is 15. The molecular formula is C82H160O17P2. The first-order chi connectivity index (χ1) is 48.9. The molecule has 0 fully saturated rings. The zero-order valence-corrected chi connectivity index (χ0v) is 68.0. The Morgan fingerprint density at radius 2 is 0.505 bits per heavy atom. The second kappa shape index (κ2) is 73.6. The highest BCUT2D eigenvalue weighted by atomic mass is 31.2. The fraction of sp³-hybridized carbons (Fsp3) is 0.951. The van der Waals surface area contributed by atoms with Crippen LogP contribution in [0.5, 0.6) is 0 Å². The van der Waals surface area contributed by atoms with Crippen LogP contribution in [0.15, 0.2) is 0 Å². The van der Waals surface area contributed by atoms with Crippen LogP contribution in [-0.4, -0.2) is 96.7 Å². The van der Waals surface area contributed by atoms with Gasteiger partial charge in [-0.1, -0.05) is 382 Å². The summed E-state index contributed by atoms with van der Waals surface area (Å²) in [5.74, 6) is -0.615. The lowest BCUT2D eigenvalue weighted by atomic mass is 9.99. The molecule has 0 rings (SSSR count). The summed E-state index contributed by atoms with van der Waals surface area (Å²) in [6, 6.07) is 0. The number of carbonyl (C=O) groups excluding carboxylic acids is 4. The number of phosphoric acid groups is 2. The van der Waals surface area contributed by atoms with Gasteiger partial charge in [0.2, 0.25) is 0 Å². The fourth-order valence-electron chi connectivity index (χ4n) is 12.7. The van der Waals surface area contributed by atoms with Crippen LogP contribution in [0, 0.1) is 11.8 Å². The van der Waals surface area contributed by atoms with Gasteiger partial charge < -0.3 is 33.8 Å². The van der Waals surface area contributed by atoms with E-state index >= 15 is 0 Å². The Hall–Kier alpha value is -1.94. The van der Waals surface area contributed by atoms with Crippen molar-refractivity contribution in [3.8, 4) is 0 Å². The maximum Gasteiger partial charge on any atom is 0.472 e. The molecule has 6 atom stereocenters. The first kappa shape index (κ1) is 99.1. The molecule has 0 aromatic carbocycles. The summed E-state index contributed by atoms with van der Waals surface area (Å²) in [4.78, 5) is 73.0. The number of esters is 4. The van der Waals surface area contributed by atoms with Crippen molar-refractivity contribution >= 4 is 39.5 Å². The zero-order valence-electron chi connectivity index (χ0n) is 66.2. The monoisotopic (exact) mass is 1480 g/mol. The van der Waals surface area contributed by atoms with Gasteiger partial charge in [0, 0.05) is 25.7 Å². The molecule has 0 saturated carbocycles. The summed E-state index contributed by atoms with van der Waals surface area (Å²) in [7, 11) is -9.92. The third-order valence-corrected chi connectivity index (χ3v) is 21.5. The molecule has 3 N–H and O–H groups in total. The number of aliphatic hydroxyl groups is 1. The Bertz CT molecular complexity index is 1940. The third-order valence-electron chi connectivity index (χ3n) is 19.6. The minimum Gasteiger partial charge on any atom is -0.462 e. The molecule has 3 unspecified atom stereocenters. The lowest BCUT2D eigenvalue weighted by molar-refractivity contribution is -0.161. The average Bonchev–Trinajstić information content (AvgIpc) is 1.02. The van der Waals surface area contributed by atoms with Gasteiger partial charge in [-0.2, -0.15) is 0 Å². The highest BCUT2D eigenvalue weighted by Crippen LogP contribution is 2.45. The number of aliphatic hydroxyl groups excluding tert-OH is 1. The van der Waals surface area contributed by atoms with E-state index in [1.807, 2.05) is 0 Å². The normalized spacial score (nSPS) is 14.2. The summed E-state index contributed by atoms with van der Waals surface area (Å²) >= 11 is 0. The van der Waals surface area contributed by atoms with Gasteiger partial charge in [0.05, 0.1) is 26.4 Å². The standard InChI is InChI=1S/C82H160O17P2/c1-7-10-12-14-16-18-20-22-24-26-27-28-29-30-31-33-35-37-39-48-54-60-66-81(86)98-77(70-92-79(84)64-58-52-46-38-36-34-32-25-23-21-19-17-15-13-11-8-2)72-96-100(88,89)94-68-76(83)69-95-101(90,91)97-73-78(71-93-80(85)65-59-53-47-42-40-44-50-56-62-74(4)5)99-82(87)67-61-55-49-43-41-45-51-57-63-75(6)9-3/h74-78,83H,7-73H2,1-6H3,(H,88,89)(H,90,91)/t75?,76-,77-,78-/m1/s1. The number of carbonyl (C=O) groups is 4. The van der Waals surface area contributed by atoms with Crippen molar-refractivity contribution in [2.24, 2.45) is 11.8 Å². The molecule has 17 nitrogen and oxygen atoms in total.